The van der Waals surface area contributed by atoms with Gasteiger partial charge in [0.05, 0.1) is 13.2 Å². The maximum atomic E-state index is 12.6. The fourth-order valence-electron chi connectivity index (χ4n) is 3.75. The molecule has 1 unspecified atom stereocenters. The molecule has 1 amide bonds. The number of ether oxygens (including phenoxy) is 1. The Bertz CT molecular complexity index is 576. The summed E-state index contributed by atoms with van der Waals surface area (Å²) >= 11 is 0. The Morgan fingerprint density at radius 2 is 2.25 bits per heavy atom. The standard InChI is InChI=1S/C19H28N2O3/c1-20-8-2-3-15(12-20)5-7-19(23)21-9-10-24-18-6-4-16(14-22)11-17(18)13-21/h4,6,11,15,22H,2-3,5,7-10,12-14H2,1H3. The van der Waals surface area contributed by atoms with Gasteiger partial charge in [-0.1, -0.05) is 6.07 Å². The first kappa shape index (κ1) is 17.2. The normalized spacial score (nSPS) is 21.8. The maximum absolute atomic E-state index is 12.6. The second-order valence-electron chi connectivity index (χ2n) is 7.07. The van der Waals surface area contributed by atoms with Crippen LogP contribution in [0.5, 0.6) is 5.75 Å². The molecular weight excluding hydrogens is 304 g/mol. The molecule has 132 valence electrons. The Kier molecular flexibility index (Phi) is 5.74. The first-order chi connectivity index (χ1) is 11.7. The van der Waals surface area contributed by atoms with Gasteiger partial charge in [0.2, 0.25) is 5.91 Å². The minimum Gasteiger partial charge on any atom is -0.491 e. The number of likely N-dealkylation sites (tertiary alicyclic amines) is 1. The van der Waals surface area contributed by atoms with Gasteiger partial charge in [-0.25, -0.2) is 0 Å². The third kappa shape index (κ3) is 4.28. The quantitative estimate of drug-likeness (QED) is 0.916. The number of fused-ring (bicyclic) bond motifs is 1. The van der Waals surface area contributed by atoms with Crippen LogP contribution in [0.3, 0.4) is 0 Å². The second kappa shape index (κ2) is 7.99. The maximum Gasteiger partial charge on any atom is 0.222 e. The molecule has 0 saturated carbocycles. The van der Waals surface area contributed by atoms with Gasteiger partial charge in [-0.3, -0.25) is 4.79 Å². The molecule has 1 atom stereocenters. The molecule has 1 fully saturated rings. The average molecular weight is 332 g/mol. The number of aliphatic hydroxyl groups is 1. The topological polar surface area (TPSA) is 53.0 Å². The number of nitrogens with zero attached hydrogens (tertiary/aromatic N) is 2. The number of amides is 1. The molecule has 2 aliphatic rings. The van der Waals surface area contributed by atoms with Crippen molar-refractivity contribution in [2.75, 3.05) is 33.3 Å². The van der Waals surface area contributed by atoms with Crippen molar-refractivity contribution in [1.82, 2.24) is 9.80 Å². The minimum atomic E-state index is 0.0103. The zero-order chi connectivity index (χ0) is 16.9. The number of piperidine rings is 1. The molecule has 0 aliphatic carbocycles. The second-order valence-corrected chi connectivity index (χ2v) is 7.07. The van der Waals surface area contributed by atoms with Crippen molar-refractivity contribution in [3.8, 4) is 5.75 Å². The number of hydrogen-bond donors (Lipinski definition) is 1. The van der Waals surface area contributed by atoms with Gasteiger partial charge in [0.1, 0.15) is 12.4 Å². The molecule has 0 aromatic heterocycles. The van der Waals surface area contributed by atoms with Crippen LogP contribution in [0.25, 0.3) is 0 Å². The molecule has 24 heavy (non-hydrogen) atoms. The lowest BCUT2D eigenvalue weighted by Crippen LogP contribution is -2.35. The molecular formula is C19H28N2O3. The summed E-state index contributed by atoms with van der Waals surface area (Å²) in [7, 11) is 2.16. The van der Waals surface area contributed by atoms with E-state index >= 15 is 0 Å². The van der Waals surface area contributed by atoms with Crippen molar-refractivity contribution < 1.29 is 14.6 Å². The largest absolute Gasteiger partial charge is 0.491 e. The summed E-state index contributed by atoms with van der Waals surface area (Å²) in [6.45, 7) is 4.04. The molecule has 1 aromatic carbocycles. The molecule has 0 bridgehead atoms. The van der Waals surface area contributed by atoms with Crippen molar-refractivity contribution in [2.45, 2.75) is 38.8 Å². The van der Waals surface area contributed by atoms with Crippen molar-refractivity contribution >= 4 is 5.91 Å². The lowest BCUT2D eigenvalue weighted by Gasteiger charge is -2.30. The summed E-state index contributed by atoms with van der Waals surface area (Å²) in [5.41, 5.74) is 1.85. The van der Waals surface area contributed by atoms with E-state index in [1.54, 1.807) is 0 Å². The van der Waals surface area contributed by atoms with Crippen LogP contribution in [0.4, 0.5) is 0 Å². The Hall–Kier alpha value is -1.59. The van der Waals surface area contributed by atoms with E-state index in [2.05, 4.69) is 11.9 Å². The highest BCUT2D eigenvalue weighted by Gasteiger charge is 2.22. The molecule has 3 rings (SSSR count). The van der Waals surface area contributed by atoms with Crippen molar-refractivity contribution in [2.24, 2.45) is 5.92 Å². The van der Waals surface area contributed by atoms with E-state index in [-0.39, 0.29) is 12.5 Å². The summed E-state index contributed by atoms with van der Waals surface area (Å²) in [5.74, 6) is 1.69. The lowest BCUT2D eigenvalue weighted by molar-refractivity contribution is -0.132. The van der Waals surface area contributed by atoms with Gasteiger partial charge in [-0.2, -0.15) is 0 Å². The van der Waals surface area contributed by atoms with Gasteiger partial charge >= 0.3 is 0 Å². The molecule has 5 heteroatoms. The van der Waals surface area contributed by atoms with Crippen molar-refractivity contribution in [3.63, 3.8) is 0 Å². The van der Waals surface area contributed by atoms with Crippen LogP contribution in [0.2, 0.25) is 0 Å². The summed E-state index contributed by atoms with van der Waals surface area (Å²) in [6, 6.07) is 5.71. The van der Waals surface area contributed by atoms with Crippen LogP contribution >= 0.6 is 0 Å². The lowest BCUT2D eigenvalue weighted by atomic mass is 9.93. The van der Waals surface area contributed by atoms with Gasteiger partial charge in [0, 0.05) is 25.1 Å². The van der Waals surface area contributed by atoms with Crippen LogP contribution in [-0.2, 0) is 17.9 Å². The van der Waals surface area contributed by atoms with Gasteiger partial charge in [-0.15, -0.1) is 0 Å². The Labute approximate surface area is 144 Å². The Morgan fingerprint density at radius 1 is 1.38 bits per heavy atom. The Morgan fingerprint density at radius 3 is 3.04 bits per heavy atom. The monoisotopic (exact) mass is 332 g/mol. The molecule has 5 nitrogen and oxygen atoms in total. The summed E-state index contributed by atoms with van der Waals surface area (Å²) in [6.07, 6.45) is 4.07. The number of carbonyl (C=O) groups is 1. The fourth-order valence-corrected chi connectivity index (χ4v) is 3.75. The first-order valence-electron chi connectivity index (χ1n) is 8.97. The predicted octanol–water partition coefficient (Wildman–Crippen LogP) is 2.02. The highest BCUT2D eigenvalue weighted by atomic mass is 16.5. The molecule has 2 heterocycles. The van der Waals surface area contributed by atoms with Crippen molar-refractivity contribution in [1.29, 1.82) is 0 Å². The Balaban J connectivity index is 1.58. The first-order valence-corrected chi connectivity index (χ1v) is 8.97. The number of carbonyl (C=O) groups excluding carboxylic acids is 1. The highest BCUT2D eigenvalue weighted by molar-refractivity contribution is 5.76. The predicted molar refractivity (Wildman–Crippen MR) is 92.7 cm³/mol. The van der Waals surface area contributed by atoms with Crippen molar-refractivity contribution in [3.05, 3.63) is 29.3 Å². The molecule has 2 aliphatic heterocycles. The van der Waals surface area contributed by atoms with Crippen LogP contribution in [0, 0.1) is 5.92 Å². The van der Waals surface area contributed by atoms with Crippen LogP contribution < -0.4 is 4.74 Å². The van der Waals surface area contributed by atoms with E-state index < -0.39 is 0 Å². The third-order valence-electron chi connectivity index (χ3n) is 5.13. The number of rotatable bonds is 4. The van der Waals surface area contributed by atoms with E-state index in [0.29, 0.717) is 32.0 Å². The molecule has 0 spiro atoms. The smallest absolute Gasteiger partial charge is 0.222 e. The van der Waals surface area contributed by atoms with E-state index in [4.69, 9.17) is 4.74 Å². The minimum absolute atomic E-state index is 0.0103. The SMILES string of the molecule is CN1CCCC(CCC(=O)N2CCOc3ccc(CO)cc3C2)C1. The van der Waals surface area contributed by atoms with Crippen LogP contribution in [0.1, 0.15) is 36.8 Å². The summed E-state index contributed by atoms with van der Waals surface area (Å²) in [4.78, 5) is 16.9. The third-order valence-corrected chi connectivity index (χ3v) is 5.13. The average Bonchev–Trinajstić information content (AvgIpc) is 2.81. The van der Waals surface area contributed by atoms with E-state index in [0.717, 1.165) is 29.8 Å². The summed E-state index contributed by atoms with van der Waals surface area (Å²) < 4.78 is 5.75. The van der Waals surface area contributed by atoms with E-state index in [1.165, 1.54) is 19.4 Å². The zero-order valence-electron chi connectivity index (χ0n) is 14.5. The van der Waals surface area contributed by atoms with Gasteiger partial charge in [0.25, 0.3) is 0 Å². The van der Waals surface area contributed by atoms with Gasteiger partial charge < -0.3 is 19.6 Å². The molecule has 1 aromatic rings. The molecule has 1 N–H and O–H groups in total. The van der Waals surface area contributed by atoms with Gasteiger partial charge in [-0.05, 0) is 56.5 Å². The van der Waals surface area contributed by atoms with Gasteiger partial charge in [0.15, 0.2) is 0 Å². The number of aliphatic hydroxyl groups excluding tert-OH is 1. The molecule has 0 radical (unpaired) electrons. The van der Waals surface area contributed by atoms with E-state index in [1.807, 2.05) is 23.1 Å². The fraction of sp³-hybridized carbons (Fsp3) is 0.632. The van der Waals surface area contributed by atoms with Crippen LogP contribution in [0.15, 0.2) is 18.2 Å². The summed E-state index contributed by atoms with van der Waals surface area (Å²) in [5, 5.41) is 9.31. The van der Waals surface area contributed by atoms with Crippen LogP contribution in [-0.4, -0.2) is 54.1 Å². The highest BCUT2D eigenvalue weighted by Crippen LogP contribution is 2.26. The van der Waals surface area contributed by atoms with E-state index in [9.17, 15) is 9.90 Å². The molecule has 1 saturated heterocycles. The number of hydrogen-bond acceptors (Lipinski definition) is 4. The zero-order valence-corrected chi connectivity index (χ0v) is 14.5. The number of benzene rings is 1.